The van der Waals surface area contributed by atoms with Gasteiger partial charge in [-0.25, -0.2) is 4.98 Å². The minimum Gasteiger partial charge on any atom is -0.327 e. The van der Waals surface area contributed by atoms with E-state index >= 15 is 0 Å². The minimum atomic E-state index is 0.128. The summed E-state index contributed by atoms with van der Waals surface area (Å²) >= 11 is 0. The maximum atomic E-state index is 6.02. The van der Waals surface area contributed by atoms with E-state index in [-0.39, 0.29) is 6.04 Å². The summed E-state index contributed by atoms with van der Waals surface area (Å²) in [6.45, 7) is 4.33. The molecule has 0 aliphatic carbocycles. The third kappa shape index (κ3) is 1.55. The zero-order valence-electron chi connectivity index (χ0n) is 8.85. The van der Waals surface area contributed by atoms with Gasteiger partial charge < -0.3 is 15.2 Å². The van der Waals surface area contributed by atoms with E-state index in [0.29, 0.717) is 6.04 Å². The van der Waals surface area contributed by atoms with Gasteiger partial charge in [0, 0.05) is 25.3 Å². The first kappa shape index (κ1) is 9.68. The molecule has 1 aliphatic heterocycles. The Morgan fingerprint density at radius 1 is 1.64 bits per heavy atom. The average Bonchev–Trinajstić information content (AvgIpc) is 2.59. The third-order valence-corrected chi connectivity index (χ3v) is 2.95. The van der Waals surface area contributed by atoms with Crippen molar-refractivity contribution in [3.8, 4) is 0 Å². The van der Waals surface area contributed by atoms with Crippen LogP contribution < -0.4 is 5.73 Å². The van der Waals surface area contributed by atoms with Crippen LogP contribution in [0.1, 0.15) is 31.1 Å². The fraction of sp³-hybridized carbons (Fsp3) is 0.700. The molecule has 1 saturated heterocycles. The highest BCUT2D eigenvalue weighted by Gasteiger charge is 2.27. The van der Waals surface area contributed by atoms with Gasteiger partial charge in [0.1, 0.15) is 0 Å². The molecule has 0 radical (unpaired) electrons. The van der Waals surface area contributed by atoms with Gasteiger partial charge in [0.25, 0.3) is 0 Å². The second-order valence-electron chi connectivity index (χ2n) is 4.12. The summed E-state index contributed by atoms with van der Waals surface area (Å²) in [5.74, 6) is 0. The van der Waals surface area contributed by atoms with Crippen molar-refractivity contribution in [2.75, 3.05) is 20.1 Å². The van der Waals surface area contributed by atoms with Gasteiger partial charge in [-0.3, -0.25) is 0 Å². The monoisotopic (exact) mass is 194 g/mol. The number of hydrogen-bond donors (Lipinski definition) is 1. The van der Waals surface area contributed by atoms with Gasteiger partial charge in [-0.2, -0.15) is 0 Å². The van der Waals surface area contributed by atoms with Crippen molar-refractivity contribution in [2.24, 2.45) is 5.73 Å². The molecule has 2 N–H and O–H groups in total. The molecule has 14 heavy (non-hydrogen) atoms. The average molecular weight is 194 g/mol. The Hall–Kier alpha value is -0.870. The highest BCUT2D eigenvalue weighted by molar-refractivity contribution is 5.07. The van der Waals surface area contributed by atoms with Crippen LogP contribution in [0.25, 0.3) is 0 Å². The van der Waals surface area contributed by atoms with Crippen LogP contribution in [-0.2, 0) is 0 Å². The van der Waals surface area contributed by atoms with E-state index in [4.69, 9.17) is 5.73 Å². The van der Waals surface area contributed by atoms with Crippen molar-refractivity contribution in [2.45, 2.75) is 25.4 Å². The van der Waals surface area contributed by atoms with Crippen LogP contribution in [0.15, 0.2) is 12.5 Å². The van der Waals surface area contributed by atoms with Crippen LogP contribution in [0.3, 0.4) is 0 Å². The number of likely N-dealkylation sites (N-methyl/N-ethyl adjacent to an activating group) is 1. The molecule has 4 nitrogen and oxygen atoms in total. The Bertz CT molecular complexity index is 301. The maximum Gasteiger partial charge on any atom is 0.0952 e. The summed E-state index contributed by atoms with van der Waals surface area (Å²) in [5, 5.41) is 0. The zero-order chi connectivity index (χ0) is 10.1. The zero-order valence-corrected chi connectivity index (χ0v) is 8.85. The standard InChI is InChI=1S/C10H18N4/c1-3-9(11)10-4-12-7-14(10)8-5-13(2)6-8/h4,7-9H,3,5-6,11H2,1-2H3/t9-/m1/s1. The molecule has 2 rings (SSSR count). The molecule has 0 spiro atoms. The van der Waals surface area contributed by atoms with Gasteiger partial charge >= 0.3 is 0 Å². The Labute approximate surface area is 84.7 Å². The van der Waals surface area contributed by atoms with Crippen LogP contribution in [0.2, 0.25) is 0 Å². The Morgan fingerprint density at radius 3 is 2.93 bits per heavy atom. The van der Waals surface area contributed by atoms with Crippen molar-refractivity contribution in [3.05, 3.63) is 18.2 Å². The molecule has 2 heterocycles. The molecule has 0 saturated carbocycles. The first-order valence-corrected chi connectivity index (χ1v) is 5.18. The molecular weight excluding hydrogens is 176 g/mol. The summed E-state index contributed by atoms with van der Waals surface area (Å²) in [4.78, 5) is 6.48. The fourth-order valence-electron chi connectivity index (χ4n) is 1.96. The third-order valence-electron chi connectivity index (χ3n) is 2.95. The van der Waals surface area contributed by atoms with Crippen molar-refractivity contribution in [1.29, 1.82) is 0 Å². The second kappa shape index (κ2) is 3.71. The lowest BCUT2D eigenvalue weighted by atomic mass is 10.1. The molecule has 1 aromatic rings. The molecule has 0 unspecified atom stereocenters. The van der Waals surface area contributed by atoms with Crippen molar-refractivity contribution in [3.63, 3.8) is 0 Å². The molecule has 78 valence electrons. The quantitative estimate of drug-likeness (QED) is 0.773. The normalized spacial score (nSPS) is 20.8. The Morgan fingerprint density at radius 2 is 2.36 bits per heavy atom. The first-order valence-electron chi connectivity index (χ1n) is 5.18. The van der Waals surface area contributed by atoms with E-state index in [0.717, 1.165) is 19.5 Å². The molecule has 0 aromatic carbocycles. The van der Waals surface area contributed by atoms with Gasteiger partial charge in [0.2, 0.25) is 0 Å². The number of rotatable bonds is 3. The predicted octanol–water partition coefficient (Wildman–Crippen LogP) is 0.779. The molecule has 1 aromatic heterocycles. The van der Waals surface area contributed by atoms with Crippen LogP contribution in [-0.4, -0.2) is 34.6 Å². The SMILES string of the molecule is CC[C@@H](N)c1cncn1C1CN(C)C1. The van der Waals surface area contributed by atoms with Crippen LogP contribution in [0.5, 0.6) is 0 Å². The van der Waals surface area contributed by atoms with E-state index in [2.05, 4.69) is 28.4 Å². The van der Waals surface area contributed by atoms with Gasteiger partial charge in [-0.15, -0.1) is 0 Å². The van der Waals surface area contributed by atoms with Gasteiger partial charge in [0.05, 0.1) is 18.1 Å². The van der Waals surface area contributed by atoms with Crippen molar-refractivity contribution < 1.29 is 0 Å². The summed E-state index contributed by atoms with van der Waals surface area (Å²) < 4.78 is 2.23. The summed E-state index contributed by atoms with van der Waals surface area (Å²) in [6.07, 6.45) is 4.77. The van der Waals surface area contributed by atoms with E-state index in [1.54, 1.807) is 0 Å². The second-order valence-corrected chi connectivity index (χ2v) is 4.12. The largest absolute Gasteiger partial charge is 0.327 e. The molecule has 4 heteroatoms. The smallest absolute Gasteiger partial charge is 0.0952 e. The van der Waals surface area contributed by atoms with E-state index in [9.17, 15) is 0 Å². The molecular formula is C10H18N4. The van der Waals surface area contributed by atoms with Gasteiger partial charge in [-0.1, -0.05) is 6.92 Å². The maximum absolute atomic E-state index is 6.02. The fourth-order valence-corrected chi connectivity index (χ4v) is 1.96. The van der Waals surface area contributed by atoms with Crippen LogP contribution in [0.4, 0.5) is 0 Å². The number of likely N-dealkylation sites (tertiary alicyclic amines) is 1. The molecule has 0 bridgehead atoms. The molecule has 0 amide bonds. The number of nitrogens with zero attached hydrogens (tertiary/aromatic N) is 3. The lowest BCUT2D eigenvalue weighted by Gasteiger charge is -2.38. The van der Waals surface area contributed by atoms with E-state index in [1.807, 2.05) is 12.5 Å². The topological polar surface area (TPSA) is 47.1 Å². The van der Waals surface area contributed by atoms with E-state index < -0.39 is 0 Å². The summed E-state index contributed by atoms with van der Waals surface area (Å²) in [6, 6.07) is 0.707. The van der Waals surface area contributed by atoms with Crippen LogP contribution in [0, 0.1) is 0 Å². The Balaban J connectivity index is 2.13. The lowest BCUT2D eigenvalue weighted by Crippen LogP contribution is -2.45. The van der Waals surface area contributed by atoms with Crippen molar-refractivity contribution in [1.82, 2.24) is 14.5 Å². The number of aromatic nitrogens is 2. The van der Waals surface area contributed by atoms with Crippen molar-refractivity contribution >= 4 is 0 Å². The predicted molar refractivity (Wildman–Crippen MR) is 56.0 cm³/mol. The molecule has 1 atom stereocenters. The number of nitrogens with two attached hydrogens (primary N) is 1. The lowest BCUT2D eigenvalue weighted by molar-refractivity contribution is 0.137. The highest BCUT2D eigenvalue weighted by atomic mass is 15.3. The minimum absolute atomic E-state index is 0.128. The Kier molecular flexibility index (Phi) is 2.56. The molecule has 1 aliphatic rings. The number of hydrogen-bond acceptors (Lipinski definition) is 3. The van der Waals surface area contributed by atoms with Crippen LogP contribution >= 0.6 is 0 Å². The summed E-state index contributed by atoms with van der Waals surface area (Å²) in [5.41, 5.74) is 7.19. The first-order chi connectivity index (χ1) is 6.72. The molecule has 1 fully saturated rings. The number of imidazole rings is 1. The van der Waals surface area contributed by atoms with E-state index in [1.165, 1.54) is 5.69 Å². The van der Waals surface area contributed by atoms with Gasteiger partial charge in [0.15, 0.2) is 0 Å². The summed E-state index contributed by atoms with van der Waals surface area (Å²) in [7, 11) is 2.13. The van der Waals surface area contributed by atoms with Gasteiger partial charge in [-0.05, 0) is 13.5 Å². The highest BCUT2D eigenvalue weighted by Crippen LogP contribution is 2.24.